The van der Waals surface area contributed by atoms with Gasteiger partial charge in [0.2, 0.25) is 12.3 Å². The number of halogens is 1. The van der Waals surface area contributed by atoms with Gasteiger partial charge in [-0.1, -0.05) is 291 Å². The third kappa shape index (κ3) is 30.8. The molecule has 5 rings (SSSR count). The van der Waals surface area contributed by atoms with Crippen molar-refractivity contribution < 1.29 is 61.1 Å². The smallest absolute Gasteiger partial charge is 0.462 e. The molecule has 500 valence electrons. The van der Waals surface area contributed by atoms with Gasteiger partial charge >= 0.3 is 18.1 Å². The van der Waals surface area contributed by atoms with E-state index in [9.17, 15) is 19.2 Å². The van der Waals surface area contributed by atoms with Gasteiger partial charge in [-0.25, -0.2) is 9.18 Å². The molecule has 0 saturated carbocycles. The Labute approximate surface area is 540 Å². The van der Waals surface area contributed by atoms with E-state index in [4.69, 9.17) is 32.9 Å². The molecule has 90 heavy (non-hydrogen) atoms. The summed E-state index contributed by atoms with van der Waals surface area (Å²) in [4.78, 5) is 56.7. The number of carbonyl (C=O) groups is 4. The monoisotopic (exact) mass is 1270 g/mol. The minimum Gasteiger partial charge on any atom is -0.462 e. The summed E-state index contributed by atoms with van der Waals surface area (Å²) in [6.45, 7) is 6.08. The molecule has 0 spiro atoms. The molecule has 1 aliphatic heterocycles. The fraction of sp³-hybridized carbons (Fsp3) is 0.627. The lowest BCUT2D eigenvalue weighted by molar-refractivity contribution is -0.232. The Kier molecular flexibility index (Phi) is 39.0. The van der Waals surface area contributed by atoms with Gasteiger partial charge in [0.05, 0.1) is 25.6 Å². The molecule has 1 amide bonds. The fourth-order valence-electron chi connectivity index (χ4n) is 11.7. The lowest BCUT2D eigenvalue weighted by Gasteiger charge is -2.44. The van der Waals surface area contributed by atoms with E-state index in [0.717, 1.165) is 76.2 Å². The molecule has 0 bridgehead atoms. The van der Waals surface area contributed by atoms with Gasteiger partial charge in [-0.05, 0) is 61.1 Å². The Morgan fingerprint density at radius 2 is 0.911 bits per heavy atom. The number of benzene rings is 4. The van der Waals surface area contributed by atoms with E-state index in [1.165, 1.54) is 103 Å². The van der Waals surface area contributed by atoms with Crippen molar-refractivity contribution in [1.29, 1.82) is 0 Å². The highest BCUT2D eigenvalue weighted by atomic mass is 31.2. The van der Waals surface area contributed by atoms with Crippen molar-refractivity contribution in [2.24, 2.45) is 0 Å². The molecular weight excluding hydrogens is 1160 g/mol. The van der Waals surface area contributed by atoms with Crippen molar-refractivity contribution in [3.05, 3.63) is 132 Å². The third-order valence-corrected chi connectivity index (χ3v) is 19.4. The van der Waals surface area contributed by atoms with Crippen molar-refractivity contribution in [2.75, 3.05) is 6.61 Å². The molecule has 0 aliphatic carbocycles. The predicted octanol–water partition coefficient (Wildman–Crippen LogP) is 18.6. The average molecular weight is 1270 g/mol. The summed E-state index contributed by atoms with van der Waals surface area (Å²) in [5.41, 5.74) is 1.63. The number of carbonyl (C=O) groups excluding carboxylic acids is 4. The van der Waals surface area contributed by atoms with Crippen LogP contribution in [0.15, 0.2) is 121 Å². The van der Waals surface area contributed by atoms with Gasteiger partial charge in [0.15, 0.2) is 6.10 Å². The molecule has 4 aromatic rings. The van der Waals surface area contributed by atoms with Crippen LogP contribution in [0.3, 0.4) is 0 Å². The highest BCUT2D eigenvalue weighted by Crippen LogP contribution is 2.49. The van der Waals surface area contributed by atoms with Crippen molar-refractivity contribution in [3.63, 3.8) is 0 Å². The standard InChI is InChI=1S/C75H111FNO12P/c1-4-7-10-13-16-19-20-23-26-29-44-55-69(79)86-64(50-39-28-25-22-18-15-12-9-6-3)57-70(80)88-73-71(77-68(78)56-63(83-58-61-45-34-30-35-46-61)49-38-27-24-21-17-14-11-8-5-2)74(76)87-67(60-85-75(81)84-59-62-47-36-31-37-48-62)72(73)89-90(82,65-51-40-32-41-52-65)66-53-42-33-43-54-66/h30-37,40-43,45-48,51-54,63-64,67,71-74H,4-29,38-39,44,49-50,55-60H2,1-3H3,(H,77,78)/t63-,64-,67-,71-,72-,73-,74+/m1/s1. The Morgan fingerprint density at radius 3 is 1.39 bits per heavy atom. The zero-order chi connectivity index (χ0) is 64.1. The van der Waals surface area contributed by atoms with Gasteiger partial charge in [0, 0.05) is 17.0 Å². The Bertz CT molecular complexity index is 2500. The molecule has 0 unspecified atom stereocenters. The Hall–Kier alpha value is -5.40. The maximum Gasteiger partial charge on any atom is 0.508 e. The van der Waals surface area contributed by atoms with Gasteiger partial charge in [0.1, 0.15) is 37.6 Å². The first-order chi connectivity index (χ1) is 44.0. The third-order valence-electron chi connectivity index (χ3n) is 16.9. The summed E-state index contributed by atoms with van der Waals surface area (Å²) >= 11 is 0. The second-order valence-corrected chi connectivity index (χ2v) is 27.0. The summed E-state index contributed by atoms with van der Waals surface area (Å²) in [5.74, 6) is -1.88. The van der Waals surface area contributed by atoms with Crippen LogP contribution in [0.4, 0.5) is 9.18 Å². The Balaban J connectivity index is 1.44. The summed E-state index contributed by atoms with van der Waals surface area (Å²) in [7, 11) is -4.25. The number of ether oxygens (including phenoxy) is 6. The second-order valence-electron chi connectivity index (χ2n) is 24.7. The van der Waals surface area contributed by atoms with E-state index in [1.807, 2.05) is 36.4 Å². The van der Waals surface area contributed by atoms with E-state index in [1.54, 1.807) is 84.9 Å². The molecule has 15 heteroatoms. The zero-order valence-corrected chi connectivity index (χ0v) is 55.9. The van der Waals surface area contributed by atoms with Crippen molar-refractivity contribution in [1.82, 2.24) is 5.32 Å². The summed E-state index contributed by atoms with van der Waals surface area (Å²) < 4.78 is 76.6. The fourth-order valence-corrected chi connectivity index (χ4v) is 13.9. The molecule has 1 heterocycles. The molecule has 1 saturated heterocycles. The van der Waals surface area contributed by atoms with E-state index >= 15 is 8.96 Å². The maximum atomic E-state index is 17.5. The number of unbranched alkanes of at least 4 members (excludes halogenated alkanes) is 26. The van der Waals surface area contributed by atoms with Crippen LogP contribution >= 0.6 is 7.37 Å². The van der Waals surface area contributed by atoms with Crippen molar-refractivity contribution >= 4 is 42.0 Å². The van der Waals surface area contributed by atoms with Crippen LogP contribution in [0.2, 0.25) is 0 Å². The highest BCUT2D eigenvalue weighted by Gasteiger charge is 2.53. The molecule has 4 aromatic carbocycles. The number of nitrogens with one attached hydrogen (secondary N) is 1. The van der Waals surface area contributed by atoms with Crippen LogP contribution in [0.5, 0.6) is 0 Å². The van der Waals surface area contributed by atoms with Crippen LogP contribution in [-0.4, -0.2) is 73.5 Å². The van der Waals surface area contributed by atoms with Crippen LogP contribution < -0.4 is 15.9 Å². The highest BCUT2D eigenvalue weighted by molar-refractivity contribution is 7.74. The molecular formula is C75H111FNO12P. The number of esters is 2. The van der Waals surface area contributed by atoms with Crippen LogP contribution in [0, 0.1) is 0 Å². The van der Waals surface area contributed by atoms with Crippen molar-refractivity contribution in [3.8, 4) is 0 Å². The maximum absolute atomic E-state index is 17.5. The number of rotatable bonds is 50. The van der Waals surface area contributed by atoms with Gasteiger partial charge in [0.25, 0.3) is 7.37 Å². The Morgan fingerprint density at radius 1 is 0.489 bits per heavy atom. The first kappa shape index (κ1) is 75.3. The van der Waals surface area contributed by atoms with Crippen LogP contribution in [-0.2, 0) is 65.1 Å². The largest absolute Gasteiger partial charge is 0.508 e. The summed E-state index contributed by atoms with van der Waals surface area (Å²) in [5, 5.41) is 3.37. The first-order valence-electron chi connectivity index (χ1n) is 34.9. The summed E-state index contributed by atoms with van der Waals surface area (Å²) in [6, 6.07) is 33.9. The SMILES string of the molecule is CCCCCCCCCCCCCC(=O)O[C@H](CCCCCCCCCCC)CC(=O)O[C@@H]1[C@@H](NC(=O)C[C@@H](CCCCCCCCCCC)OCc2ccccc2)[C@@H](F)O[C@H](COC(=O)OCc2ccccc2)[C@H]1OP(=O)(c1ccccc1)c1ccccc1. The number of amides is 1. The number of alkyl halides is 1. The second kappa shape index (κ2) is 46.6. The molecule has 0 radical (unpaired) electrons. The predicted molar refractivity (Wildman–Crippen MR) is 358 cm³/mol. The topological polar surface area (TPSA) is 162 Å². The van der Waals surface area contributed by atoms with Gasteiger partial charge in [-0.3, -0.25) is 18.9 Å². The minimum absolute atomic E-state index is 0.123. The van der Waals surface area contributed by atoms with E-state index < -0.39 is 87.3 Å². The molecule has 1 fully saturated rings. The van der Waals surface area contributed by atoms with E-state index in [2.05, 4.69) is 26.1 Å². The first-order valence-corrected chi connectivity index (χ1v) is 36.5. The van der Waals surface area contributed by atoms with E-state index in [0.29, 0.717) is 31.2 Å². The van der Waals surface area contributed by atoms with Gasteiger partial charge in [-0.15, -0.1) is 0 Å². The van der Waals surface area contributed by atoms with Crippen molar-refractivity contribution in [2.45, 2.75) is 295 Å². The lowest BCUT2D eigenvalue weighted by Crippen LogP contribution is -2.65. The lowest BCUT2D eigenvalue weighted by atomic mass is 9.96. The number of hydrogen-bond acceptors (Lipinski definition) is 12. The molecule has 1 aliphatic rings. The molecule has 0 aromatic heterocycles. The zero-order valence-electron chi connectivity index (χ0n) is 55.0. The van der Waals surface area contributed by atoms with E-state index in [-0.39, 0.29) is 36.7 Å². The molecule has 13 nitrogen and oxygen atoms in total. The summed E-state index contributed by atoms with van der Waals surface area (Å²) in [6.07, 6.45) is 22.8. The van der Waals surface area contributed by atoms with Gasteiger partial charge in [-0.2, -0.15) is 0 Å². The average Bonchev–Trinajstić information content (AvgIpc) is 0.869. The molecule has 1 N–H and O–H groups in total. The normalized spacial score (nSPS) is 17.3. The minimum atomic E-state index is -4.25. The molecule has 7 atom stereocenters. The van der Waals surface area contributed by atoms with Crippen LogP contribution in [0.1, 0.15) is 250 Å². The van der Waals surface area contributed by atoms with Crippen LogP contribution in [0.25, 0.3) is 0 Å². The quantitative estimate of drug-likeness (QED) is 0.0193. The van der Waals surface area contributed by atoms with Gasteiger partial charge < -0.3 is 38.3 Å². The number of hydrogen-bond donors (Lipinski definition) is 1.